The van der Waals surface area contributed by atoms with E-state index in [1.54, 1.807) is 0 Å². The summed E-state index contributed by atoms with van der Waals surface area (Å²) >= 11 is 1.93. The SMILES string of the molecule is Cc1cc2c3c(c1)N(c1c(C)cc(C(C)(C)C)cc1C)c1sc4ccc(C(C)(C)C)cc4c1B3c1cc3c(cc1N2c1ccc(C(C)(C)C)cc1-c1ccccc1)OCCO3. The van der Waals surface area contributed by atoms with Crippen LogP contribution in [0.1, 0.15) is 95.7 Å². The van der Waals surface area contributed by atoms with E-state index in [1.165, 1.54) is 93.0 Å². The lowest BCUT2D eigenvalue weighted by Gasteiger charge is -2.44. The van der Waals surface area contributed by atoms with Crippen molar-refractivity contribution in [1.82, 2.24) is 0 Å². The molecule has 0 saturated heterocycles. The van der Waals surface area contributed by atoms with Crippen molar-refractivity contribution in [2.75, 3.05) is 23.0 Å². The topological polar surface area (TPSA) is 24.9 Å². The first-order valence-electron chi connectivity index (χ1n) is 22.0. The quantitative estimate of drug-likeness (QED) is 0.166. The molecule has 0 spiro atoms. The molecule has 4 heterocycles. The number of benzene rings is 6. The van der Waals surface area contributed by atoms with Gasteiger partial charge < -0.3 is 19.3 Å². The van der Waals surface area contributed by atoms with Gasteiger partial charge in [-0.05, 0) is 134 Å². The Balaban J connectivity index is 1.35. The van der Waals surface area contributed by atoms with Gasteiger partial charge >= 0.3 is 0 Å². The van der Waals surface area contributed by atoms with Gasteiger partial charge in [0.15, 0.2) is 11.5 Å². The monoisotopic (exact) mass is 820 g/mol. The summed E-state index contributed by atoms with van der Waals surface area (Å²) < 4.78 is 14.2. The molecule has 7 aromatic rings. The molecule has 0 fully saturated rings. The van der Waals surface area contributed by atoms with Crippen LogP contribution in [0.15, 0.2) is 103 Å². The van der Waals surface area contributed by atoms with Crippen LogP contribution < -0.4 is 35.7 Å². The van der Waals surface area contributed by atoms with E-state index in [0.29, 0.717) is 13.2 Å². The number of ether oxygens (including phenoxy) is 2. The molecule has 0 radical (unpaired) electrons. The minimum atomic E-state index is -0.0496. The van der Waals surface area contributed by atoms with E-state index in [-0.39, 0.29) is 23.0 Å². The molecule has 61 heavy (non-hydrogen) atoms. The number of nitrogens with zero attached hydrogens (tertiary/aromatic N) is 2. The molecule has 0 N–H and O–H groups in total. The maximum atomic E-state index is 6.45. The van der Waals surface area contributed by atoms with Crippen LogP contribution in [0.25, 0.3) is 21.2 Å². The molecule has 4 nitrogen and oxygen atoms in total. The second-order valence-corrected chi connectivity index (χ2v) is 21.7. The third-order valence-corrected chi connectivity index (χ3v) is 14.3. The van der Waals surface area contributed by atoms with Crippen molar-refractivity contribution >= 4 is 78.0 Å². The average Bonchev–Trinajstić information content (AvgIpc) is 3.58. The first-order chi connectivity index (χ1) is 28.9. The molecular formula is C55H57BN2O2S. The van der Waals surface area contributed by atoms with Gasteiger partial charge in [-0.1, -0.05) is 123 Å². The molecular weight excluding hydrogens is 763 g/mol. The molecule has 6 aromatic carbocycles. The van der Waals surface area contributed by atoms with Gasteiger partial charge in [0.2, 0.25) is 0 Å². The molecule has 1 aromatic heterocycles. The second-order valence-electron chi connectivity index (χ2n) is 20.7. The lowest BCUT2D eigenvalue weighted by Crippen LogP contribution is -2.61. The summed E-state index contributed by atoms with van der Waals surface area (Å²) in [6.45, 7) is 28.7. The molecule has 3 aliphatic rings. The summed E-state index contributed by atoms with van der Waals surface area (Å²) in [6.07, 6.45) is 0. The van der Waals surface area contributed by atoms with Gasteiger partial charge in [0.1, 0.15) is 13.2 Å². The van der Waals surface area contributed by atoms with E-state index >= 15 is 0 Å². The predicted octanol–water partition coefficient (Wildman–Crippen LogP) is 13.2. The number of fused-ring (bicyclic) bond motifs is 7. The number of aryl methyl sites for hydroxylation is 3. The first kappa shape index (κ1) is 39.7. The van der Waals surface area contributed by atoms with E-state index < -0.39 is 0 Å². The second kappa shape index (κ2) is 13.8. The Labute approximate surface area is 367 Å². The lowest BCUT2D eigenvalue weighted by atomic mass is 9.33. The van der Waals surface area contributed by atoms with Crippen LogP contribution in [0.5, 0.6) is 11.5 Å². The van der Waals surface area contributed by atoms with Crippen LogP contribution in [-0.2, 0) is 16.2 Å². The van der Waals surface area contributed by atoms with Crippen LogP contribution in [-0.4, -0.2) is 19.9 Å². The third kappa shape index (κ3) is 6.39. The third-order valence-electron chi connectivity index (χ3n) is 13.1. The van der Waals surface area contributed by atoms with Crippen molar-refractivity contribution in [2.24, 2.45) is 0 Å². The molecule has 0 unspecified atom stereocenters. The largest absolute Gasteiger partial charge is 0.486 e. The van der Waals surface area contributed by atoms with Gasteiger partial charge in [0, 0.05) is 33.4 Å². The minimum absolute atomic E-state index is 0.00785. The standard InChI is InChI=1S/C55H57BN2O2S/c1-32-24-44-50-45(25-32)58(51-33(2)26-38(27-34(51)3)55(10,11)12)52-49(40-29-37(54(7,8)9)19-21-48(40)61-52)56(50)41-30-46-47(60-23-22-59-46)31-43(41)57(44)42-20-18-36(53(4,5)6)28-39(42)35-16-14-13-15-17-35/h13-21,24-31H,22-23H2,1-12H3. The Bertz CT molecular complexity index is 2900. The zero-order valence-electron chi connectivity index (χ0n) is 37.9. The van der Waals surface area contributed by atoms with Gasteiger partial charge in [0.05, 0.1) is 16.4 Å². The maximum absolute atomic E-state index is 6.45. The molecule has 3 aliphatic heterocycles. The fourth-order valence-corrected chi connectivity index (χ4v) is 11.2. The average molecular weight is 821 g/mol. The number of anilines is 6. The van der Waals surface area contributed by atoms with E-state index in [0.717, 1.165) is 22.9 Å². The zero-order chi connectivity index (χ0) is 42.9. The van der Waals surface area contributed by atoms with Gasteiger partial charge in [-0.15, -0.1) is 11.3 Å². The summed E-state index contributed by atoms with van der Waals surface area (Å²) in [6, 6.07) is 39.5. The molecule has 0 bridgehead atoms. The number of rotatable bonds is 3. The van der Waals surface area contributed by atoms with Crippen molar-refractivity contribution in [2.45, 2.75) is 99.3 Å². The summed E-state index contributed by atoms with van der Waals surface area (Å²) in [5.41, 5.74) is 20.1. The summed E-state index contributed by atoms with van der Waals surface area (Å²) in [4.78, 5) is 5.18. The molecule has 308 valence electrons. The zero-order valence-corrected chi connectivity index (χ0v) is 38.7. The molecule has 0 atom stereocenters. The van der Waals surface area contributed by atoms with E-state index in [1.807, 2.05) is 11.3 Å². The number of hydrogen-bond donors (Lipinski definition) is 0. The van der Waals surface area contributed by atoms with Gasteiger partial charge in [-0.25, -0.2) is 0 Å². The molecule has 6 heteroatoms. The molecule has 10 rings (SSSR count). The van der Waals surface area contributed by atoms with Crippen LogP contribution in [0.4, 0.5) is 33.4 Å². The van der Waals surface area contributed by atoms with Gasteiger partial charge in [0.25, 0.3) is 6.71 Å². The van der Waals surface area contributed by atoms with Crippen molar-refractivity contribution in [3.63, 3.8) is 0 Å². The Morgan fingerprint density at radius 3 is 1.77 bits per heavy atom. The maximum Gasteiger partial charge on any atom is 0.254 e. The highest BCUT2D eigenvalue weighted by atomic mass is 32.1. The summed E-state index contributed by atoms with van der Waals surface area (Å²) in [5, 5.41) is 2.62. The highest BCUT2D eigenvalue weighted by molar-refractivity contribution is 7.26. The van der Waals surface area contributed by atoms with Gasteiger partial charge in [-0.2, -0.15) is 0 Å². The van der Waals surface area contributed by atoms with E-state index in [2.05, 4.69) is 196 Å². The Morgan fingerprint density at radius 2 is 1.13 bits per heavy atom. The normalized spacial score (nSPS) is 14.6. The smallest absolute Gasteiger partial charge is 0.254 e. The summed E-state index contributed by atoms with van der Waals surface area (Å²) in [5.74, 6) is 1.61. The predicted molar refractivity (Wildman–Crippen MR) is 263 cm³/mol. The Kier molecular flexibility index (Phi) is 8.96. The van der Waals surface area contributed by atoms with Crippen molar-refractivity contribution in [3.05, 3.63) is 137 Å². The van der Waals surface area contributed by atoms with E-state index in [4.69, 9.17) is 9.47 Å². The van der Waals surface area contributed by atoms with Gasteiger partial charge in [-0.3, -0.25) is 0 Å². The number of hydrogen-bond acceptors (Lipinski definition) is 5. The highest BCUT2D eigenvalue weighted by Crippen LogP contribution is 2.52. The highest BCUT2D eigenvalue weighted by Gasteiger charge is 2.47. The molecule has 0 amide bonds. The van der Waals surface area contributed by atoms with E-state index in [9.17, 15) is 0 Å². The minimum Gasteiger partial charge on any atom is -0.486 e. The van der Waals surface area contributed by atoms with Crippen molar-refractivity contribution in [1.29, 1.82) is 0 Å². The van der Waals surface area contributed by atoms with Crippen molar-refractivity contribution in [3.8, 4) is 22.6 Å². The number of thiophene rings is 1. The lowest BCUT2D eigenvalue weighted by molar-refractivity contribution is 0.172. The summed E-state index contributed by atoms with van der Waals surface area (Å²) in [7, 11) is 0. The first-order valence-corrected chi connectivity index (χ1v) is 22.8. The molecule has 0 saturated carbocycles. The van der Waals surface area contributed by atoms with Crippen LogP contribution in [0.3, 0.4) is 0 Å². The molecule has 0 aliphatic carbocycles. The Morgan fingerprint density at radius 1 is 0.541 bits per heavy atom. The van der Waals surface area contributed by atoms with Crippen LogP contribution >= 0.6 is 11.3 Å². The fourth-order valence-electron chi connectivity index (χ4n) is 9.92. The van der Waals surface area contributed by atoms with Crippen LogP contribution in [0.2, 0.25) is 0 Å². The van der Waals surface area contributed by atoms with Crippen molar-refractivity contribution < 1.29 is 9.47 Å². The Hall–Kier alpha value is -5.46. The fraction of sp³-hybridized carbons (Fsp3) is 0.309. The van der Waals surface area contributed by atoms with Crippen LogP contribution in [0, 0.1) is 20.8 Å².